The number of carbonyl (C=O) groups is 1. The molecular weight excluding hydrogens is 440 g/mol. The second kappa shape index (κ2) is 9.66. The van der Waals surface area contributed by atoms with Crippen molar-refractivity contribution in [3.05, 3.63) is 94.0 Å². The molecule has 0 aliphatic heterocycles. The van der Waals surface area contributed by atoms with Crippen LogP contribution >= 0.6 is 11.8 Å². The van der Waals surface area contributed by atoms with E-state index in [1.165, 1.54) is 30.0 Å². The van der Waals surface area contributed by atoms with Gasteiger partial charge in [-0.2, -0.15) is 0 Å². The Bertz CT molecular complexity index is 1300. The van der Waals surface area contributed by atoms with Gasteiger partial charge in [0, 0.05) is 28.9 Å². The summed E-state index contributed by atoms with van der Waals surface area (Å²) >= 11 is 1.23. The number of ketones is 1. The Balaban J connectivity index is 1.66. The largest absolute Gasteiger partial charge is 0.497 e. The monoisotopic (exact) mass is 460 g/mol. The number of nitro groups is 1. The van der Waals surface area contributed by atoms with Gasteiger partial charge in [0.15, 0.2) is 16.8 Å². The highest BCUT2D eigenvalue weighted by atomic mass is 32.2. The summed E-state index contributed by atoms with van der Waals surface area (Å²) in [5, 5.41) is 20.3. The molecule has 1 aromatic heterocycles. The molecule has 0 aliphatic carbocycles. The molecule has 166 valence electrons. The van der Waals surface area contributed by atoms with Crippen molar-refractivity contribution in [1.82, 2.24) is 14.8 Å². The van der Waals surface area contributed by atoms with E-state index in [2.05, 4.69) is 10.2 Å². The highest BCUT2D eigenvalue weighted by Crippen LogP contribution is 2.29. The number of ether oxygens (including phenoxy) is 1. The first-order chi connectivity index (χ1) is 16.0. The lowest BCUT2D eigenvalue weighted by Gasteiger charge is -2.11. The van der Waals surface area contributed by atoms with Gasteiger partial charge in [0.25, 0.3) is 5.69 Å². The molecule has 8 nitrogen and oxygen atoms in total. The zero-order valence-electron chi connectivity index (χ0n) is 18.0. The Kier molecular flexibility index (Phi) is 6.50. The number of carbonyl (C=O) groups excluding carboxylic acids is 1. The first kappa shape index (κ1) is 22.2. The van der Waals surface area contributed by atoms with Crippen molar-refractivity contribution >= 4 is 23.2 Å². The molecule has 0 aliphatic rings. The van der Waals surface area contributed by atoms with Crippen LogP contribution in [0.2, 0.25) is 0 Å². The predicted octanol–water partition coefficient (Wildman–Crippen LogP) is 5.13. The molecule has 9 heteroatoms. The summed E-state index contributed by atoms with van der Waals surface area (Å²) in [6.45, 7) is 2.01. The van der Waals surface area contributed by atoms with Gasteiger partial charge >= 0.3 is 0 Å². The average molecular weight is 461 g/mol. The van der Waals surface area contributed by atoms with E-state index in [0.717, 1.165) is 22.6 Å². The van der Waals surface area contributed by atoms with Crippen LogP contribution in [0.15, 0.2) is 78.0 Å². The van der Waals surface area contributed by atoms with E-state index >= 15 is 0 Å². The number of thioether (sulfide) groups is 1. The van der Waals surface area contributed by atoms with E-state index in [1.54, 1.807) is 13.2 Å². The van der Waals surface area contributed by atoms with Crippen molar-refractivity contribution < 1.29 is 14.5 Å². The van der Waals surface area contributed by atoms with Crippen LogP contribution in [0.3, 0.4) is 0 Å². The number of hydrogen-bond acceptors (Lipinski definition) is 7. The van der Waals surface area contributed by atoms with Crippen LogP contribution in [0.5, 0.6) is 5.75 Å². The molecule has 4 aromatic rings. The third-order valence-corrected chi connectivity index (χ3v) is 5.91. The van der Waals surface area contributed by atoms with Gasteiger partial charge in [0.2, 0.25) is 0 Å². The van der Waals surface area contributed by atoms with Crippen LogP contribution in [0.25, 0.3) is 17.1 Å². The number of benzene rings is 3. The molecule has 3 aromatic carbocycles. The quantitative estimate of drug-likeness (QED) is 0.155. The molecule has 0 fully saturated rings. The summed E-state index contributed by atoms with van der Waals surface area (Å²) in [5.41, 5.74) is 3.01. The fraction of sp³-hybridized carbons (Fsp3) is 0.125. The molecule has 1 heterocycles. The number of Topliss-reactive ketones (excluding diaryl/α,β-unsaturated/α-hetero) is 1. The third-order valence-electron chi connectivity index (χ3n) is 4.99. The molecule has 0 unspecified atom stereocenters. The van der Waals surface area contributed by atoms with Crippen molar-refractivity contribution in [2.75, 3.05) is 12.9 Å². The number of hydrogen-bond donors (Lipinski definition) is 0. The number of nitrogens with zero attached hydrogens (tertiary/aromatic N) is 4. The van der Waals surface area contributed by atoms with Gasteiger partial charge < -0.3 is 4.74 Å². The van der Waals surface area contributed by atoms with Crippen LogP contribution < -0.4 is 4.74 Å². The summed E-state index contributed by atoms with van der Waals surface area (Å²) in [6, 6.07) is 21.2. The first-order valence-electron chi connectivity index (χ1n) is 10.0. The number of non-ortho nitro benzene ring substituents is 1. The highest BCUT2D eigenvalue weighted by molar-refractivity contribution is 7.99. The normalized spacial score (nSPS) is 10.7. The number of methoxy groups -OCH3 is 1. The van der Waals surface area contributed by atoms with Crippen molar-refractivity contribution in [3.8, 4) is 22.8 Å². The number of aromatic nitrogens is 3. The summed E-state index contributed by atoms with van der Waals surface area (Å²) < 4.78 is 7.15. The maximum atomic E-state index is 12.7. The van der Waals surface area contributed by atoms with Crippen molar-refractivity contribution in [2.45, 2.75) is 12.1 Å². The SMILES string of the molecule is COc1ccc(-n2c(SCC(=O)c3cccc([N+](=O)[O-])c3)nnc2-c2ccc(C)cc2)cc1. The van der Waals surface area contributed by atoms with E-state index in [9.17, 15) is 14.9 Å². The van der Waals surface area contributed by atoms with Gasteiger partial charge in [-0.05, 0) is 31.2 Å². The standard InChI is InChI=1S/C24H20N4O4S/c1-16-6-8-17(9-7-16)23-25-26-24(27(23)19-10-12-21(32-2)13-11-19)33-15-22(29)18-4-3-5-20(14-18)28(30)31/h3-14H,15H2,1-2H3. The maximum Gasteiger partial charge on any atom is 0.270 e. The lowest BCUT2D eigenvalue weighted by Crippen LogP contribution is -2.05. The molecule has 0 atom stereocenters. The zero-order valence-corrected chi connectivity index (χ0v) is 18.8. The maximum absolute atomic E-state index is 12.7. The summed E-state index contributed by atoms with van der Waals surface area (Å²) in [6.07, 6.45) is 0. The van der Waals surface area contributed by atoms with Gasteiger partial charge in [-0.25, -0.2) is 0 Å². The molecular formula is C24H20N4O4S. The fourth-order valence-electron chi connectivity index (χ4n) is 3.22. The molecule has 4 rings (SSSR count). The summed E-state index contributed by atoms with van der Waals surface area (Å²) in [5.74, 6) is 1.19. The summed E-state index contributed by atoms with van der Waals surface area (Å²) in [4.78, 5) is 23.2. The van der Waals surface area contributed by atoms with Gasteiger partial charge in [0.05, 0.1) is 17.8 Å². The minimum atomic E-state index is -0.516. The van der Waals surface area contributed by atoms with Gasteiger partial charge in [0.1, 0.15) is 5.75 Å². The zero-order chi connectivity index (χ0) is 23.4. The van der Waals surface area contributed by atoms with Crippen LogP contribution in [-0.2, 0) is 0 Å². The third kappa shape index (κ3) is 4.93. The summed E-state index contributed by atoms with van der Waals surface area (Å²) in [7, 11) is 1.60. The van der Waals surface area contributed by atoms with Crippen LogP contribution in [0.4, 0.5) is 5.69 Å². The van der Waals surface area contributed by atoms with Crippen molar-refractivity contribution in [2.24, 2.45) is 0 Å². The molecule has 0 amide bonds. The van der Waals surface area contributed by atoms with Gasteiger partial charge in [-0.15, -0.1) is 10.2 Å². The Morgan fingerprint density at radius 1 is 1.06 bits per heavy atom. The Morgan fingerprint density at radius 2 is 1.79 bits per heavy atom. The average Bonchev–Trinajstić information content (AvgIpc) is 3.27. The van der Waals surface area contributed by atoms with Crippen molar-refractivity contribution in [1.29, 1.82) is 0 Å². The Hall–Kier alpha value is -3.98. The molecule has 0 bridgehead atoms. The molecule has 0 saturated carbocycles. The van der Waals surface area contributed by atoms with Crippen LogP contribution in [0, 0.1) is 17.0 Å². The number of rotatable bonds is 8. The topological polar surface area (TPSA) is 100 Å². The molecule has 33 heavy (non-hydrogen) atoms. The lowest BCUT2D eigenvalue weighted by atomic mass is 10.1. The van der Waals surface area contributed by atoms with E-state index in [-0.39, 0.29) is 22.8 Å². The van der Waals surface area contributed by atoms with E-state index in [4.69, 9.17) is 4.74 Å². The smallest absolute Gasteiger partial charge is 0.270 e. The van der Waals surface area contributed by atoms with Gasteiger partial charge in [-0.3, -0.25) is 19.5 Å². The second-order valence-corrected chi connectivity index (χ2v) is 8.17. The van der Waals surface area contributed by atoms with E-state index in [1.807, 2.05) is 60.0 Å². The molecule has 0 spiro atoms. The number of aryl methyl sites for hydroxylation is 1. The number of nitro benzene ring substituents is 1. The minimum absolute atomic E-state index is 0.0589. The Morgan fingerprint density at radius 3 is 2.45 bits per heavy atom. The lowest BCUT2D eigenvalue weighted by molar-refractivity contribution is -0.384. The molecule has 0 radical (unpaired) electrons. The van der Waals surface area contributed by atoms with E-state index < -0.39 is 4.92 Å². The minimum Gasteiger partial charge on any atom is -0.497 e. The predicted molar refractivity (Wildman–Crippen MR) is 126 cm³/mol. The highest BCUT2D eigenvalue weighted by Gasteiger charge is 2.19. The van der Waals surface area contributed by atoms with E-state index in [0.29, 0.717) is 11.0 Å². The first-order valence-corrected chi connectivity index (χ1v) is 11.0. The second-order valence-electron chi connectivity index (χ2n) is 7.22. The van der Waals surface area contributed by atoms with Crippen molar-refractivity contribution in [3.63, 3.8) is 0 Å². The van der Waals surface area contributed by atoms with Crippen LogP contribution in [0.1, 0.15) is 15.9 Å². The fourth-order valence-corrected chi connectivity index (χ4v) is 4.07. The molecule has 0 saturated heterocycles. The Labute approximate surface area is 194 Å². The molecule has 0 N–H and O–H groups in total. The van der Waals surface area contributed by atoms with Gasteiger partial charge in [-0.1, -0.05) is 53.7 Å². The van der Waals surface area contributed by atoms with Crippen LogP contribution in [-0.4, -0.2) is 38.3 Å².